The fraction of sp³-hybridized carbons (Fsp3) is 0.444. The zero-order valence-corrected chi connectivity index (χ0v) is 9.54. The van der Waals surface area contributed by atoms with Crippen molar-refractivity contribution in [1.29, 1.82) is 0 Å². The Morgan fingerprint density at radius 3 is 2.93 bits per heavy atom. The Morgan fingerprint density at radius 1 is 1.57 bits per heavy atom. The Kier molecular flexibility index (Phi) is 4.93. The summed E-state index contributed by atoms with van der Waals surface area (Å²) in [5.41, 5.74) is 0. The molecule has 0 saturated carbocycles. The van der Waals surface area contributed by atoms with Crippen LogP contribution in [-0.2, 0) is 11.3 Å². The minimum absolute atomic E-state index is 0.00553. The van der Waals surface area contributed by atoms with Crippen molar-refractivity contribution in [3.8, 4) is 0 Å². The van der Waals surface area contributed by atoms with Crippen molar-refractivity contribution in [2.45, 2.75) is 13.5 Å². The maximum absolute atomic E-state index is 10.5. The van der Waals surface area contributed by atoms with Gasteiger partial charge in [-0.1, -0.05) is 11.6 Å². The monoisotopic (exact) mass is 232 g/mol. The molecule has 0 atom stereocenters. The molecule has 0 fully saturated rings. The van der Waals surface area contributed by atoms with Crippen molar-refractivity contribution in [2.24, 2.45) is 0 Å². The van der Waals surface area contributed by atoms with Crippen LogP contribution in [0.3, 0.4) is 0 Å². The molecular weight excluding hydrogens is 220 g/mol. The zero-order chi connectivity index (χ0) is 10.4. The summed E-state index contributed by atoms with van der Waals surface area (Å²) in [5.74, 6) is 0.00553. The Morgan fingerprint density at radius 2 is 2.36 bits per heavy atom. The van der Waals surface area contributed by atoms with Crippen LogP contribution in [0, 0.1) is 0 Å². The highest BCUT2D eigenvalue weighted by molar-refractivity contribution is 7.10. The summed E-state index contributed by atoms with van der Waals surface area (Å²) in [6.07, 6.45) is 0. The van der Waals surface area contributed by atoms with Crippen LogP contribution >= 0.6 is 22.9 Å². The molecule has 5 heteroatoms. The summed E-state index contributed by atoms with van der Waals surface area (Å²) >= 11 is 7.40. The Balaban J connectivity index is 2.07. The van der Waals surface area contributed by atoms with Crippen LogP contribution < -0.4 is 10.6 Å². The molecule has 1 rings (SSSR count). The van der Waals surface area contributed by atoms with Crippen LogP contribution in [0.4, 0.5) is 0 Å². The smallest absolute Gasteiger partial charge is 0.216 e. The number of carbonyl (C=O) groups excluding carboxylic acids is 1. The first-order chi connectivity index (χ1) is 6.68. The second-order valence-corrected chi connectivity index (χ2v) is 4.32. The van der Waals surface area contributed by atoms with Crippen LogP contribution in [0.25, 0.3) is 0 Å². The molecule has 14 heavy (non-hydrogen) atoms. The lowest BCUT2D eigenvalue weighted by molar-refractivity contribution is -0.118. The number of thiophene rings is 1. The summed E-state index contributed by atoms with van der Waals surface area (Å²) < 4.78 is 0. The fourth-order valence-electron chi connectivity index (χ4n) is 0.985. The number of nitrogens with one attached hydrogen (secondary N) is 2. The average molecular weight is 233 g/mol. The molecular formula is C9H13ClN2OS. The summed E-state index contributed by atoms with van der Waals surface area (Å²) in [6, 6.07) is 1.94. The zero-order valence-electron chi connectivity index (χ0n) is 7.97. The van der Waals surface area contributed by atoms with Gasteiger partial charge in [-0.15, -0.1) is 11.3 Å². The van der Waals surface area contributed by atoms with E-state index in [1.54, 1.807) is 11.3 Å². The summed E-state index contributed by atoms with van der Waals surface area (Å²) in [4.78, 5) is 11.7. The second kappa shape index (κ2) is 6.01. The molecule has 0 aliphatic carbocycles. The van der Waals surface area contributed by atoms with Gasteiger partial charge in [-0.2, -0.15) is 0 Å². The lowest BCUT2D eigenvalue weighted by Crippen LogP contribution is -2.29. The van der Waals surface area contributed by atoms with E-state index in [9.17, 15) is 4.79 Å². The Labute approximate surface area is 92.5 Å². The van der Waals surface area contributed by atoms with Gasteiger partial charge < -0.3 is 10.6 Å². The second-order valence-electron chi connectivity index (χ2n) is 2.89. The molecule has 0 spiro atoms. The number of amides is 1. The number of halogens is 1. The molecule has 1 heterocycles. The van der Waals surface area contributed by atoms with E-state index >= 15 is 0 Å². The molecule has 1 amide bonds. The molecule has 0 aliphatic heterocycles. The molecule has 2 N–H and O–H groups in total. The van der Waals surface area contributed by atoms with Gasteiger partial charge in [-0.3, -0.25) is 4.79 Å². The standard InChI is InChI=1S/C9H13ClN2OS/c1-7(13)12-3-2-11-5-9-4-8(10)6-14-9/h4,6,11H,2-3,5H2,1H3,(H,12,13). The van der Waals surface area contributed by atoms with Crippen LogP contribution in [0.1, 0.15) is 11.8 Å². The van der Waals surface area contributed by atoms with Crippen molar-refractivity contribution >= 4 is 28.8 Å². The minimum Gasteiger partial charge on any atom is -0.355 e. The Hall–Kier alpha value is -0.580. The third-order valence-corrected chi connectivity index (χ3v) is 2.88. The highest BCUT2D eigenvalue weighted by Gasteiger charge is 1.96. The van der Waals surface area contributed by atoms with E-state index in [0.717, 1.165) is 18.1 Å². The molecule has 3 nitrogen and oxygen atoms in total. The van der Waals surface area contributed by atoms with Crippen molar-refractivity contribution in [3.05, 3.63) is 21.3 Å². The normalized spacial score (nSPS) is 10.1. The van der Waals surface area contributed by atoms with Crippen molar-refractivity contribution in [3.63, 3.8) is 0 Å². The van der Waals surface area contributed by atoms with Crippen molar-refractivity contribution in [2.75, 3.05) is 13.1 Å². The Bertz CT molecular complexity index is 301. The highest BCUT2D eigenvalue weighted by atomic mass is 35.5. The van der Waals surface area contributed by atoms with Gasteiger partial charge in [0.05, 0.1) is 5.02 Å². The molecule has 0 bridgehead atoms. The van der Waals surface area contributed by atoms with Gasteiger partial charge in [0.25, 0.3) is 0 Å². The van der Waals surface area contributed by atoms with Gasteiger partial charge in [-0.25, -0.2) is 0 Å². The first-order valence-electron chi connectivity index (χ1n) is 4.36. The third-order valence-electron chi connectivity index (χ3n) is 1.60. The molecule has 78 valence electrons. The van der Waals surface area contributed by atoms with Crippen LogP contribution in [0.15, 0.2) is 11.4 Å². The van der Waals surface area contributed by atoms with Gasteiger partial charge in [0.1, 0.15) is 0 Å². The molecule has 0 unspecified atom stereocenters. The molecule has 0 aromatic carbocycles. The fourth-order valence-corrected chi connectivity index (χ4v) is 2.03. The maximum Gasteiger partial charge on any atom is 0.216 e. The maximum atomic E-state index is 10.5. The largest absolute Gasteiger partial charge is 0.355 e. The molecule has 0 aliphatic rings. The molecule has 0 radical (unpaired) electrons. The van der Waals surface area contributed by atoms with Gasteiger partial charge in [0.15, 0.2) is 0 Å². The third kappa shape index (κ3) is 4.60. The van der Waals surface area contributed by atoms with E-state index in [1.807, 2.05) is 11.4 Å². The topological polar surface area (TPSA) is 41.1 Å². The number of hydrogen-bond donors (Lipinski definition) is 2. The van der Waals surface area contributed by atoms with E-state index in [4.69, 9.17) is 11.6 Å². The van der Waals surface area contributed by atoms with Gasteiger partial charge in [0.2, 0.25) is 5.91 Å². The van der Waals surface area contributed by atoms with Crippen LogP contribution in [0.2, 0.25) is 5.02 Å². The van der Waals surface area contributed by atoms with Gasteiger partial charge in [-0.05, 0) is 6.07 Å². The molecule has 0 saturated heterocycles. The summed E-state index contributed by atoms with van der Waals surface area (Å²) in [7, 11) is 0. The predicted octanol–water partition coefficient (Wildman–Crippen LogP) is 1.63. The lowest BCUT2D eigenvalue weighted by Gasteiger charge is -2.03. The van der Waals surface area contributed by atoms with Crippen LogP contribution in [-0.4, -0.2) is 19.0 Å². The minimum atomic E-state index is 0.00553. The van der Waals surface area contributed by atoms with E-state index in [0.29, 0.717) is 6.54 Å². The van der Waals surface area contributed by atoms with Crippen molar-refractivity contribution in [1.82, 2.24) is 10.6 Å². The lowest BCUT2D eigenvalue weighted by atomic mass is 10.4. The van der Waals surface area contributed by atoms with Crippen LogP contribution in [0.5, 0.6) is 0 Å². The average Bonchev–Trinajstić information content (AvgIpc) is 2.50. The SMILES string of the molecule is CC(=O)NCCNCc1cc(Cl)cs1. The number of carbonyl (C=O) groups is 1. The predicted molar refractivity (Wildman–Crippen MR) is 59.7 cm³/mol. The van der Waals surface area contributed by atoms with E-state index in [-0.39, 0.29) is 5.91 Å². The number of rotatable bonds is 5. The summed E-state index contributed by atoms with van der Waals surface area (Å²) in [5, 5.41) is 8.62. The molecule has 1 aromatic rings. The number of hydrogen-bond acceptors (Lipinski definition) is 3. The van der Waals surface area contributed by atoms with E-state index in [1.165, 1.54) is 11.8 Å². The highest BCUT2D eigenvalue weighted by Crippen LogP contribution is 2.18. The van der Waals surface area contributed by atoms with Gasteiger partial charge >= 0.3 is 0 Å². The van der Waals surface area contributed by atoms with Gasteiger partial charge in [0, 0.05) is 36.8 Å². The van der Waals surface area contributed by atoms with Crippen molar-refractivity contribution < 1.29 is 4.79 Å². The summed E-state index contributed by atoms with van der Waals surface area (Å²) in [6.45, 7) is 3.75. The first kappa shape index (κ1) is 11.5. The van der Waals surface area contributed by atoms with E-state index in [2.05, 4.69) is 10.6 Å². The quantitative estimate of drug-likeness (QED) is 0.758. The first-order valence-corrected chi connectivity index (χ1v) is 5.62. The molecule has 1 aromatic heterocycles. The van der Waals surface area contributed by atoms with E-state index < -0.39 is 0 Å².